The first-order chi connectivity index (χ1) is 10.0. The van der Waals surface area contributed by atoms with Crippen LogP contribution in [0.25, 0.3) is 0 Å². The Morgan fingerprint density at radius 1 is 1.29 bits per heavy atom. The largest absolute Gasteiger partial charge is 0.322 e. The summed E-state index contributed by atoms with van der Waals surface area (Å²) in [4.78, 5) is 22.7. The Morgan fingerprint density at radius 2 is 2.00 bits per heavy atom. The topological polar surface area (TPSA) is 72.2 Å². The van der Waals surface area contributed by atoms with E-state index in [0.29, 0.717) is 22.1 Å². The van der Waals surface area contributed by atoms with E-state index in [0.717, 1.165) is 5.56 Å². The highest BCUT2D eigenvalue weighted by Crippen LogP contribution is 2.22. The molecule has 0 spiro atoms. The van der Waals surface area contributed by atoms with Crippen molar-refractivity contribution in [3.63, 3.8) is 0 Å². The lowest BCUT2D eigenvalue weighted by Gasteiger charge is -2.08. The maximum atomic E-state index is 12.3. The van der Waals surface area contributed by atoms with E-state index in [1.807, 2.05) is 18.2 Å². The van der Waals surface area contributed by atoms with E-state index in [9.17, 15) is 14.9 Å². The minimum atomic E-state index is -0.489. The highest BCUT2D eigenvalue weighted by molar-refractivity contribution is 9.08. The van der Waals surface area contributed by atoms with Gasteiger partial charge in [-0.25, -0.2) is 0 Å². The van der Waals surface area contributed by atoms with Crippen molar-refractivity contribution in [1.29, 1.82) is 0 Å². The van der Waals surface area contributed by atoms with Gasteiger partial charge in [-0.3, -0.25) is 14.9 Å². The Kier molecular flexibility index (Phi) is 4.70. The maximum absolute atomic E-state index is 12.3. The van der Waals surface area contributed by atoms with Crippen LogP contribution in [-0.4, -0.2) is 10.8 Å². The number of carbonyl (C=O) groups excluding carboxylic acids is 1. The van der Waals surface area contributed by atoms with Gasteiger partial charge in [0.2, 0.25) is 0 Å². The minimum absolute atomic E-state index is 0.0585. The molecule has 6 heteroatoms. The number of nitro groups is 1. The number of hydrogen-bond acceptors (Lipinski definition) is 3. The summed E-state index contributed by atoms with van der Waals surface area (Å²) in [5.74, 6) is -0.358. The van der Waals surface area contributed by atoms with Crippen molar-refractivity contribution < 1.29 is 9.72 Å². The van der Waals surface area contributed by atoms with E-state index >= 15 is 0 Å². The number of halogens is 1. The third-order valence-corrected chi connectivity index (χ3v) is 3.73. The third-order valence-electron chi connectivity index (χ3n) is 3.09. The van der Waals surface area contributed by atoms with Gasteiger partial charge in [0.1, 0.15) is 0 Å². The van der Waals surface area contributed by atoms with E-state index < -0.39 is 4.92 Å². The van der Waals surface area contributed by atoms with Crippen molar-refractivity contribution in [3.05, 3.63) is 69.3 Å². The summed E-state index contributed by atoms with van der Waals surface area (Å²) in [6.45, 7) is 1.57. The summed E-state index contributed by atoms with van der Waals surface area (Å²) >= 11 is 3.35. The summed E-state index contributed by atoms with van der Waals surface area (Å²) in [5, 5.41) is 14.4. The predicted molar refractivity (Wildman–Crippen MR) is 84.9 cm³/mol. The lowest BCUT2D eigenvalue weighted by Crippen LogP contribution is -2.14. The van der Waals surface area contributed by atoms with E-state index in [-0.39, 0.29) is 11.6 Å². The average Bonchev–Trinajstić information content (AvgIpc) is 2.47. The summed E-state index contributed by atoms with van der Waals surface area (Å²) in [6.07, 6.45) is 0. The molecule has 2 aromatic rings. The van der Waals surface area contributed by atoms with Gasteiger partial charge in [0, 0.05) is 28.2 Å². The van der Waals surface area contributed by atoms with Crippen molar-refractivity contribution >= 4 is 33.2 Å². The van der Waals surface area contributed by atoms with Gasteiger partial charge >= 0.3 is 0 Å². The van der Waals surface area contributed by atoms with Crippen LogP contribution in [0.15, 0.2) is 42.5 Å². The van der Waals surface area contributed by atoms with Crippen LogP contribution in [-0.2, 0) is 5.33 Å². The number of rotatable bonds is 4. The van der Waals surface area contributed by atoms with Crippen molar-refractivity contribution in [1.82, 2.24) is 0 Å². The number of anilines is 1. The molecular weight excluding hydrogens is 336 g/mol. The first kappa shape index (κ1) is 15.2. The summed E-state index contributed by atoms with van der Waals surface area (Å²) in [7, 11) is 0. The van der Waals surface area contributed by atoms with Crippen LogP contribution in [0.3, 0.4) is 0 Å². The Labute approximate surface area is 130 Å². The molecule has 1 amide bonds. The van der Waals surface area contributed by atoms with Crippen LogP contribution in [0.5, 0.6) is 0 Å². The maximum Gasteiger partial charge on any atom is 0.273 e. The van der Waals surface area contributed by atoms with E-state index in [1.54, 1.807) is 19.1 Å². The fourth-order valence-electron chi connectivity index (χ4n) is 2.00. The summed E-state index contributed by atoms with van der Waals surface area (Å²) in [5.41, 5.74) is 2.29. The lowest BCUT2D eigenvalue weighted by molar-refractivity contribution is -0.385. The molecule has 0 bridgehead atoms. The molecule has 5 nitrogen and oxygen atoms in total. The van der Waals surface area contributed by atoms with Crippen LogP contribution < -0.4 is 5.32 Å². The molecule has 21 heavy (non-hydrogen) atoms. The highest BCUT2D eigenvalue weighted by atomic mass is 79.9. The molecule has 0 aliphatic carbocycles. The van der Waals surface area contributed by atoms with Gasteiger partial charge < -0.3 is 5.32 Å². The fraction of sp³-hybridized carbons (Fsp3) is 0.133. The number of hydrogen-bond donors (Lipinski definition) is 1. The zero-order valence-electron chi connectivity index (χ0n) is 11.3. The molecule has 0 atom stereocenters. The van der Waals surface area contributed by atoms with E-state index in [1.165, 1.54) is 12.1 Å². The Morgan fingerprint density at radius 3 is 2.67 bits per heavy atom. The zero-order chi connectivity index (χ0) is 15.4. The molecule has 0 aromatic heterocycles. The first-order valence-electron chi connectivity index (χ1n) is 6.23. The molecule has 0 fully saturated rings. The second-order valence-electron chi connectivity index (χ2n) is 4.49. The zero-order valence-corrected chi connectivity index (χ0v) is 12.9. The molecule has 0 saturated carbocycles. The van der Waals surface area contributed by atoms with Crippen LogP contribution >= 0.6 is 15.9 Å². The van der Waals surface area contributed by atoms with Crippen molar-refractivity contribution in [2.45, 2.75) is 12.3 Å². The smallest absolute Gasteiger partial charge is 0.273 e. The molecule has 1 N–H and O–H groups in total. The van der Waals surface area contributed by atoms with Crippen LogP contribution in [0, 0.1) is 17.0 Å². The molecule has 2 aromatic carbocycles. The fourth-order valence-corrected chi connectivity index (χ4v) is 2.35. The molecule has 2 rings (SSSR count). The van der Waals surface area contributed by atoms with Gasteiger partial charge in [-0.1, -0.05) is 34.1 Å². The number of carbonyl (C=O) groups is 1. The molecule has 0 aliphatic rings. The van der Waals surface area contributed by atoms with Gasteiger partial charge in [0.05, 0.1) is 4.92 Å². The lowest BCUT2D eigenvalue weighted by atomic mass is 10.1. The second kappa shape index (κ2) is 6.49. The monoisotopic (exact) mass is 348 g/mol. The van der Waals surface area contributed by atoms with Crippen LogP contribution in [0.2, 0.25) is 0 Å². The van der Waals surface area contributed by atoms with Crippen molar-refractivity contribution in [3.8, 4) is 0 Å². The molecule has 0 aliphatic heterocycles. The molecule has 108 valence electrons. The number of benzene rings is 2. The quantitative estimate of drug-likeness (QED) is 0.514. The number of nitrogens with zero attached hydrogens (tertiary/aromatic N) is 1. The molecular formula is C15H13BrN2O3. The van der Waals surface area contributed by atoms with Gasteiger partial charge in [0.25, 0.3) is 11.6 Å². The standard InChI is InChI=1S/C15H13BrN2O3/c1-10-13(6-3-7-14(10)18(20)21)15(19)17-12-5-2-4-11(8-12)9-16/h2-8H,9H2,1H3,(H,17,19). The number of amides is 1. The average molecular weight is 349 g/mol. The highest BCUT2D eigenvalue weighted by Gasteiger charge is 2.17. The molecule has 0 saturated heterocycles. The molecule has 0 heterocycles. The van der Waals surface area contributed by atoms with Gasteiger partial charge in [-0.05, 0) is 30.7 Å². The van der Waals surface area contributed by atoms with E-state index in [4.69, 9.17) is 0 Å². The third kappa shape index (κ3) is 3.46. The SMILES string of the molecule is Cc1c(C(=O)Nc2cccc(CBr)c2)cccc1[N+](=O)[O-]. The first-order valence-corrected chi connectivity index (χ1v) is 7.35. The number of nitrogens with one attached hydrogen (secondary N) is 1. The van der Waals surface area contributed by atoms with Crippen molar-refractivity contribution in [2.75, 3.05) is 5.32 Å². The Hall–Kier alpha value is -2.21. The summed E-state index contributed by atoms with van der Waals surface area (Å²) < 4.78 is 0. The van der Waals surface area contributed by atoms with Gasteiger partial charge in [-0.2, -0.15) is 0 Å². The Balaban J connectivity index is 2.28. The van der Waals surface area contributed by atoms with Gasteiger partial charge in [0.15, 0.2) is 0 Å². The predicted octanol–water partition coefficient (Wildman–Crippen LogP) is 4.05. The number of alkyl halides is 1. The van der Waals surface area contributed by atoms with Crippen molar-refractivity contribution in [2.24, 2.45) is 0 Å². The van der Waals surface area contributed by atoms with Crippen LogP contribution in [0.4, 0.5) is 11.4 Å². The summed E-state index contributed by atoms with van der Waals surface area (Å²) in [6, 6.07) is 11.9. The molecule has 0 unspecified atom stereocenters. The normalized spacial score (nSPS) is 10.2. The van der Waals surface area contributed by atoms with E-state index in [2.05, 4.69) is 21.2 Å². The second-order valence-corrected chi connectivity index (χ2v) is 5.06. The minimum Gasteiger partial charge on any atom is -0.322 e. The van der Waals surface area contributed by atoms with Gasteiger partial charge in [-0.15, -0.1) is 0 Å². The Bertz CT molecular complexity index is 701. The number of nitro benzene ring substituents is 1. The molecule has 0 radical (unpaired) electrons. The van der Waals surface area contributed by atoms with Crippen LogP contribution in [0.1, 0.15) is 21.5 Å².